The summed E-state index contributed by atoms with van der Waals surface area (Å²) in [6.07, 6.45) is 11.3. The minimum absolute atomic E-state index is 0.789. The van der Waals surface area contributed by atoms with E-state index < -0.39 is 0 Å². The van der Waals surface area contributed by atoms with Gasteiger partial charge < -0.3 is 10.2 Å². The lowest BCUT2D eigenvalue weighted by molar-refractivity contribution is 0.124. The van der Waals surface area contributed by atoms with Crippen LogP contribution in [0.4, 0.5) is 0 Å². The highest BCUT2D eigenvalue weighted by Gasteiger charge is 2.27. The van der Waals surface area contributed by atoms with E-state index in [0.29, 0.717) is 0 Å². The Balaban J connectivity index is 1.71. The average molecular weight is 238 g/mol. The fraction of sp³-hybridized carbons (Fsp3) is 1.00. The molecule has 2 atom stereocenters. The molecule has 0 radical (unpaired) electrons. The molecule has 17 heavy (non-hydrogen) atoms. The maximum atomic E-state index is 3.71. The number of rotatable bonds is 6. The molecule has 0 aromatic rings. The maximum absolute atomic E-state index is 3.71. The molecule has 0 amide bonds. The molecule has 0 spiro atoms. The van der Waals surface area contributed by atoms with E-state index in [9.17, 15) is 0 Å². The first-order valence-electron chi connectivity index (χ1n) is 7.73. The number of hydrogen-bond acceptors (Lipinski definition) is 2. The van der Waals surface area contributed by atoms with Gasteiger partial charge in [-0.1, -0.05) is 19.8 Å². The minimum atomic E-state index is 0.789. The van der Waals surface area contributed by atoms with E-state index in [0.717, 1.165) is 18.0 Å². The van der Waals surface area contributed by atoms with Gasteiger partial charge in [0, 0.05) is 18.6 Å². The van der Waals surface area contributed by atoms with Crippen LogP contribution in [-0.2, 0) is 0 Å². The van der Waals surface area contributed by atoms with E-state index in [2.05, 4.69) is 24.2 Å². The number of hydrogen-bond donors (Lipinski definition) is 1. The summed E-state index contributed by atoms with van der Waals surface area (Å²) < 4.78 is 0. The monoisotopic (exact) mass is 238 g/mol. The van der Waals surface area contributed by atoms with Crippen LogP contribution in [0.15, 0.2) is 0 Å². The molecular weight excluding hydrogens is 208 g/mol. The standard InChI is InChI=1S/C15H30N2/c1-3-10-16-14-8-5-9-15(11-14)17(2)12-13-6-4-7-13/h13-16H,3-12H2,1-2H3. The van der Waals surface area contributed by atoms with Crippen molar-refractivity contribution in [1.29, 1.82) is 0 Å². The smallest absolute Gasteiger partial charge is 0.0107 e. The number of nitrogens with one attached hydrogen (secondary N) is 1. The zero-order valence-corrected chi connectivity index (χ0v) is 11.8. The first-order chi connectivity index (χ1) is 8.29. The van der Waals surface area contributed by atoms with Gasteiger partial charge in [-0.2, -0.15) is 0 Å². The van der Waals surface area contributed by atoms with Gasteiger partial charge in [0.15, 0.2) is 0 Å². The van der Waals surface area contributed by atoms with Crippen molar-refractivity contribution in [2.75, 3.05) is 20.1 Å². The molecule has 0 aliphatic heterocycles. The Kier molecular flexibility index (Phi) is 5.30. The normalized spacial score (nSPS) is 30.5. The summed E-state index contributed by atoms with van der Waals surface area (Å²) in [6, 6.07) is 1.64. The largest absolute Gasteiger partial charge is 0.314 e. The molecule has 0 heterocycles. The molecule has 2 rings (SSSR count). The molecule has 2 aliphatic rings. The highest BCUT2D eigenvalue weighted by atomic mass is 15.1. The van der Waals surface area contributed by atoms with Crippen LogP contribution in [0.3, 0.4) is 0 Å². The molecule has 0 bridgehead atoms. The molecule has 1 N–H and O–H groups in total. The molecule has 2 heteroatoms. The molecule has 0 aromatic heterocycles. The lowest BCUT2D eigenvalue weighted by Gasteiger charge is -2.39. The summed E-state index contributed by atoms with van der Waals surface area (Å²) in [5.41, 5.74) is 0. The fourth-order valence-electron chi connectivity index (χ4n) is 3.33. The zero-order valence-electron chi connectivity index (χ0n) is 11.8. The van der Waals surface area contributed by atoms with Gasteiger partial charge in [-0.15, -0.1) is 0 Å². The van der Waals surface area contributed by atoms with Crippen LogP contribution >= 0.6 is 0 Å². The van der Waals surface area contributed by atoms with Crippen molar-refractivity contribution in [1.82, 2.24) is 10.2 Å². The van der Waals surface area contributed by atoms with Crippen LogP contribution in [0, 0.1) is 5.92 Å². The third kappa shape index (κ3) is 3.96. The van der Waals surface area contributed by atoms with Crippen LogP contribution in [-0.4, -0.2) is 37.1 Å². The van der Waals surface area contributed by atoms with E-state index in [1.807, 2.05) is 0 Å². The first-order valence-corrected chi connectivity index (χ1v) is 7.73. The van der Waals surface area contributed by atoms with Crippen LogP contribution in [0.5, 0.6) is 0 Å². The average Bonchev–Trinajstić information content (AvgIpc) is 2.31. The third-order valence-electron chi connectivity index (χ3n) is 4.72. The topological polar surface area (TPSA) is 15.3 Å². The van der Waals surface area contributed by atoms with Gasteiger partial charge >= 0.3 is 0 Å². The van der Waals surface area contributed by atoms with Gasteiger partial charge in [0.05, 0.1) is 0 Å². The maximum Gasteiger partial charge on any atom is 0.0107 e. The quantitative estimate of drug-likeness (QED) is 0.765. The van der Waals surface area contributed by atoms with Crippen molar-refractivity contribution < 1.29 is 0 Å². The third-order valence-corrected chi connectivity index (χ3v) is 4.72. The van der Waals surface area contributed by atoms with E-state index in [-0.39, 0.29) is 0 Å². The molecule has 2 fully saturated rings. The molecule has 2 nitrogen and oxygen atoms in total. The molecule has 0 aromatic carbocycles. The Morgan fingerprint density at radius 2 is 1.88 bits per heavy atom. The summed E-state index contributed by atoms with van der Waals surface area (Å²) in [7, 11) is 2.35. The highest BCUT2D eigenvalue weighted by Crippen LogP contribution is 2.29. The molecule has 2 unspecified atom stereocenters. The van der Waals surface area contributed by atoms with E-state index >= 15 is 0 Å². The Hall–Kier alpha value is -0.0800. The molecule has 100 valence electrons. The predicted molar refractivity (Wildman–Crippen MR) is 74.3 cm³/mol. The van der Waals surface area contributed by atoms with Gasteiger partial charge in [0.2, 0.25) is 0 Å². The Morgan fingerprint density at radius 3 is 2.53 bits per heavy atom. The van der Waals surface area contributed by atoms with Gasteiger partial charge in [-0.05, 0) is 58.0 Å². The van der Waals surface area contributed by atoms with Gasteiger partial charge in [0.1, 0.15) is 0 Å². The highest BCUT2D eigenvalue weighted by molar-refractivity contribution is 4.84. The van der Waals surface area contributed by atoms with Crippen LogP contribution in [0.25, 0.3) is 0 Å². The molecule has 2 saturated carbocycles. The molecular formula is C15H30N2. The van der Waals surface area contributed by atoms with Gasteiger partial charge in [0.25, 0.3) is 0 Å². The summed E-state index contributed by atoms with van der Waals surface area (Å²) >= 11 is 0. The van der Waals surface area contributed by atoms with E-state index in [1.54, 1.807) is 0 Å². The van der Waals surface area contributed by atoms with Crippen molar-refractivity contribution >= 4 is 0 Å². The second-order valence-corrected chi connectivity index (χ2v) is 6.21. The van der Waals surface area contributed by atoms with E-state index in [4.69, 9.17) is 0 Å². The lowest BCUT2D eigenvalue weighted by Crippen LogP contribution is -2.45. The fourth-order valence-corrected chi connectivity index (χ4v) is 3.33. The minimum Gasteiger partial charge on any atom is -0.314 e. The number of nitrogens with zero attached hydrogens (tertiary/aromatic N) is 1. The SMILES string of the molecule is CCCNC1CCCC(N(C)CC2CCC2)C1. The Labute approximate surface area is 107 Å². The molecule has 2 aliphatic carbocycles. The van der Waals surface area contributed by atoms with Crippen molar-refractivity contribution in [3.8, 4) is 0 Å². The zero-order chi connectivity index (χ0) is 12.1. The second kappa shape index (κ2) is 6.75. The van der Waals surface area contributed by atoms with Gasteiger partial charge in [-0.25, -0.2) is 0 Å². The summed E-state index contributed by atoms with van der Waals surface area (Å²) in [4.78, 5) is 2.66. The first kappa shape index (κ1) is 13.4. The van der Waals surface area contributed by atoms with Crippen molar-refractivity contribution in [2.24, 2.45) is 5.92 Å². The van der Waals surface area contributed by atoms with Crippen LogP contribution in [0.2, 0.25) is 0 Å². The van der Waals surface area contributed by atoms with Crippen molar-refractivity contribution in [2.45, 2.75) is 70.4 Å². The lowest BCUT2D eigenvalue weighted by atomic mass is 9.83. The van der Waals surface area contributed by atoms with Gasteiger partial charge in [-0.3, -0.25) is 0 Å². The second-order valence-electron chi connectivity index (χ2n) is 6.21. The summed E-state index contributed by atoms with van der Waals surface area (Å²) in [6.45, 7) is 4.81. The van der Waals surface area contributed by atoms with Crippen LogP contribution in [0.1, 0.15) is 58.3 Å². The van der Waals surface area contributed by atoms with E-state index in [1.165, 1.54) is 64.5 Å². The molecule has 0 saturated heterocycles. The Morgan fingerprint density at radius 1 is 1.12 bits per heavy atom. The van der Waals surface area contributed by atoms with Crippen LogP contribution < -0.4 is 5.32 Å². The summed E-state index contributed by atoms with van der Waals surface area (Å²) in [5.74, 6) is 1.02. The Bertz CT molecular complexity index is 213. The van der Waals surface area contributed by atoms with Crippen molar-refractivity contribution in [3.05, 3.63) is 0 Å². The van der Waals surface area contributed by atoms with Crippen molar-refractivity contribution in [3.63, 3.8) is 0 Å². The summed E-state index contributed by atoms with van der Waals surface area (Å²) in [5, 5.41) is 3.71. The predicted octanol–water partition coefficient (Wildman–Crippen LogP) is 3.03.